The Morgan fingerprint density at radius 1 is 1.09 bits per heavy atom. The number of carbonyl (C=O) groups is 1. The van der Waals surface area contributed by atoms with Gasteiger partial charge in [0, 0.05) is 11.6 Å². The Balaban J connectivity index is 1.80. The molecule has 4 aromatic rings. The monoisotopic (exact) mass is 493 g/mol. The molecule has 0 radical (unpaired) electrons. The lowest BCUT2D eigenvalue weighted by Crippen LogP contribution is -2.29. The van der Waals surface area contributed by atoms with Gasteiger partial charge in [-0.3, -0.25) is 14.5 Å². The maximum Gasteiger partial charge on any atom is 0.297 e. The summed E-state index contributed by atoms with van der Waals surface area (Å²) in [6.45, 7) is 4.28. The zero-order valence-corrected chi connectivity index (χ0v) is 20.5. The molecule has 0 aliphatic carbocycles. The summed E-state index contributed by atoms with van der Waals surface area (Å²) in [5, 5.41) is 9.92. The third-order valence-corrected chi connectivity index (χ3v) is 6.91. The molecule has 180 valence electrons. The minimum Gasteiger partial charge on any atom is -0.494 e. The van der Waals surface area contributed by atoms with Crippen LogP contribution in [0.25, 0.3) is 11.0 Å². The molecule has 1 unspecified atom stereocenters. The van der Waals surface area contributed by atoms with Crippen LogP contribution in [0.1, 0.15) is 46.6 Å². The molecule has 1 aliphatic heterocycles. The van der Waals surface area contributed by atoms with E-state index in [9.17, 15) is 9.59 Å². The van der Waals surface area contributed by atoms with Crippen molar-refractivity contribution in [2.75, 3.05) is 25.7 Å². The molecule has 1 aliphatic rings. The van der Waals surface area contributed by atoms with E-state index in [1.807, 2.05) is 13.8 Å². The van der Waals surface area contributed by atoms with Gasteiger partial charge in [-0.05, 0) is 31.5 Å². The first-order valence-corrected chi connectivity index (χ1v) is 11.9. The van der Waals surface area contributed by atoms with E-state index in [1.165, 1.54) is 30.5 Å². The number of hydrogen-bond acceptors (Lipinski definition) is 9. The topological polar surface area (TPSA) is 104 Å². The molecule has 0 spiro atoms. The van der Waals surface area contributed by atoms with Crippen molar-refractivity contribution in [2.24, 2.45) is 0 Å². The second-order valence-electron chi connectivity index (χ2n) is 7.76. The van der Waals surface area contributed by atoms with Gasteiger partial charge >= 0.3 is 0 Å². The number of ether oxygens (including phenoxy) is 3. The Labute approximate surface area is 204 Å². The summed E-state index contributed by atoms with van der Waals surface area (Å²) < 4.78 is 22.8. The van der Waals surface area contributed by atoms with Crippen LogP contribution in [0, 0.1) is 0 Å². The van der Waals surface area contributed by atoms with Gasteiger partial charge in [0.15, 0.2) is 16.9 Å². The number of carbonyl (C=O) groups excluding carboxylic acids is 1. The molecular weight excluding hydrogens is 470 g/mol. The number of methoxy groups -OCH3 is 2. The maximum atomic E-state index is 13.8. The molecule has 0 bridgehead atoms. The van der Waals surface area contributed by atoms with Crippen LogP contribution in [-0.2, 0) is 6.42 Å². The van der Waals surface area contributed by atoms with Crippen LogP contribution < -0.4 is 24.5 Å². The number of fused-ring (bicyclic) bond motifs is 2. The second kappa shape index (κ2) is 9.03. The van der Waals surface area contributed by atoms with Crippen molar-refractivity contribution in [3.8, 4) is 17.2 Å². The number of amides is 1. The Morgan fingerprint density at radius 2 is 1.91 bits per heavy atom. The molecule has 2 aromatic carbocycles. The Bertz CT molecular complexity index is 1490. The highest BCUT2D eigenvalue weighted by molar-refractivity contribution is 7.15. The van der Waals surface area contributed by atoms with E-state index in [4.69, 9.17) is 18.6 Å². The van der Waals surface area contributed by atoms with Crippen molar-refractivity contribution in [3.05, 3.63) is 68.5 Å². The number of rotatable bonds is 7. The lowest BCUT2D eigenvalue weighted by Gasteiger charge is -2.24. The fourth-order valence-corrected chi connectivity index (χ4v) is 5.12. The number of para-hydroxylation sites is 1. The highest BCUT2D eigenvalue weighted by atomic mass is 32.1. The van der Waals surface area contributed by atoms with Crippen molar-refractivity contribution >= 4 is 33.3 Å². The highest BCUT2D eigenvalue weighted by Crippen LogP contribution is 2.47. The SMILES string of the molecule is CCOc1ccc2c(=O)c3c(oc2c1)C(=O)N(c1nnc(CC)s1)C3c1cccc(OC)c1OC. The van der Waals surface area contributed by atoms with Gasteiger partial charge in [0.25, 0.3) is 5.91 Å². The zero-order chi connectivity index (χ0) is 24.7. The first kappa shape index (κ1) is 22.9. The molecule has 5 rings (SSSR count). The summed E-state index contributed by atoms with van der Waals surface area (Å²) in [6.07, 6.45) is 0.668. The van der Waals surface area contributed by atoms with E-state index in [2.05, 4.69) is 10.2 Å². The Morgan fingerprint density at radius 3 is 2.60 bits per heavy atom. The normalized spacial score (nSPS) is 14.9. The fraction of sp³-hybridized carbons (Fsp3) is 0.280. The average Bonchev–Trinajstić information content (AvgIpc) is 3.46. The van der Waals surface area contributed by atoms with E-state index in [-0.39, 0.29) is 22.3 Å². The van der Waals surface area contributed by atoms with Crippen molar-refractivity contribution in [1.29, 1.82) is 0 Å². The average molecular weight is 494 g/mol. The third-order valence-electron chi connectivity index (χ3n) is 5.85. The van der Waals surface area contributed by atoms with Crippen molar-refractivity contribution in [3.63, 3.8) is 0 Å². The summed E-state index contributed by atoms with van der Waals surface area (Å²) in [4.78, 5) is 29.0. The summed E-state index contributed by atoms with van der Waals surface area (Å²) in [6, 6.07) is 9.48. The van der Waals surface area contributed by atoms with Gasteiger partial charge < -0.3 is 18.6 Å². The van der Waals surface area contributed by atoms with Crippen LogP contribution in [0.2, 0.25) is 0 Å². The molecule has 0 saturated heterocycles. The molecule has 1 amide bonds. The standard InChI is InChI=1S/C25H23N3O6S/c1-5-18-26-27-25(35-18)28-20(15-8-7-9-16(31-3)22(15)32-4)19-21(29)14-11-10-13(33-6-2)12-17(14)34-23(19)24(28)30/h7-12,20H,5-6H2,1-4H3. The number of aromatic nitrogens is 2. The summed E-state index contributed by atoms with van der Waals surface area (Å²) in [5.74, 6) is 0.919. The highest BCUT2D eigenvalue weighted by Gasteiger charge is 2.46. The van der Waals surface area contributed by atoms with Crippen LogP contribution in [0.15, 0.2) is 45.6 Å². The number of benzene rings is 2. The van der Waals surface area contributed by atoms with E-state index >= 15 is 0 Å². The quantitative estimate of drug-likeness (QED) is 0.374. The maximum absolute atomic E-state index is 13.8. The molecule has 35 heavy (non-hydrogen) atoms. The first-order chi connectivity index (χ1) is 17.0. The first-order valence-electron chi connectivity index (χ1n) is 11.1. The molecule has 9 nitrogen and oxygen atoms in total. The zero-order valence-electron chi connectivity index (χ0n) is 19.7. The van der Waals surface area contributed by atoms with Crippen molar-refractivity contribution < 1.29 is 23.4 Å². The lowest BCUT2D eigenvalue weighted by atomic mass is 9.97. The Hall–Kier alpha value is -3.92. The lowest BCUT2D eigenvalue weighted by molar-refractivity contribution is 0.0970. The number of nitrogens with zero attached hydrogens (tertiary/aromatic N) is 3. The van der Waals surface area contributed by atoms with Gasteiger partial charge in [-0.25, -0.2) is 0 Å². The van der Waals surface area contributed by atoms with E-state index in [1.54, 1.807) is 36.4 Å². The molecular formula is C25H23N3O6S. The Kier molecular flexibility index (Phi) is 5.89. The largest absolute Gasteiger partial charge is 0.494 e. The number of aryl methyl sites for hydroxylation is 1. The molecule has 0 fully saturated rings. The summed E-state index contributed by atoms with van der Waals surface area (Å²) in [5.41, 5.74) is 0.754. The van der Waals surface area contributed by atoms with Gasteiger partial charge in [-0.15, -0.1) is 10.2 Å². The minimum atomic E-state index is -0.840. The molecule has 3 heterocycles. The van der Waals surface area contributed by atoms with Gasteiger partial charge in [0.2, 0.25) is 10.9 Å². The molecule has 0 saturated carbocycles. The van der Waals surface area contributed by atoms with Crippen molar-refractivity contribution in [1.82, 2.24) is 10.2 Å². The number of hydrogen-bond donors (Lipinski definition) is 0. The molecule has 2 aromatic heterocycles. The fourth-order valence-electron chi connectivity index (χ4n) is 4.31. The van der Waals surface area contributed by atoms with Gasteiger partial charge in [0.05, 0.1) is 31.8 Å². The van der Waals surface area contributed by atoms with Gasteiger partial charge in [0.1, 0.15) is 22.4 Å². The smallest absolute Gasteiger partial charge is 0.297 e. The summed E-state index contributed by atoms with van der Waals surface area (Å²) in [7, 11) is 3.05. The van der Waals surface area contributed by atoms with E-state index in [0.717, 1.165) is 5.01 Å². The van der Waals surface area contributed by atoms with Gasteiger partial charge in [-0.2, -0.15) is 0 Å². The predicted molar refractivity (Wildman–Crippen MR) is 131 cm³/mol. The van der Waals surface area contributed by atoms with E-state index < -0.39 is 11.9 Å². The van der Waals surface area contributed by atoms with E-state index in [0.29, 0.717) is 46.4 Å². The van der Waals surface area contributed by atoms with Crippen LogP contribution >= 0.6 is 11.3 Å². The molecule has 1 atom stereocenters. The third kappa shape index (κ3) is 3.61. The predicted octanol–water partition coefficient (Wildman–Crippen LogP) is 4.37. The van der Waals surface area contributed by atoms with Gasteiger partial charge in [-0.1, -0.05) is 30.4 Å². The molecule has 0 N–H and O–H groups in total. The van der Waals surface area contributed by atoms with Crippen LogP contribution in [-0.4, -0.2) is 36.9 Å². The van der Waals surface area contributed by atoms with Crippen LogP contribution in [0.4, 0.5) is 5.13 Å². The minimum absolute atomic E-state index is 0.0423. The summed E-state index contributed by atoms with van der Waals surface area (Å²) >= 11 is 1.29. The number of anilines is 1. The van der Waals surface area contributed by atoms with Crippen molar-refractivity contribution in [2.45, 2.75) is 26.3 Å². The van der Waals surface area contributed by atoms with Crippen LogP contribution in [0.3, 0.4) is 0 Å². The molecule has 10 heteroatoms. The second-order valence-corrected chi connectivity index (χ2v) is 8.80. The van der Waals surface area contributed by atoms with Crippen LogP contribution in [0.5, 0.6) is 17.2 Å².